The normalized spacial score (nSPS) is 17.1. The van der Waals surface area contributed by atoms with E-state index in [1.165, 1.54) is 0 Å². The molecule has 12 heteroatoms. The van der Waals surface area contributed by atoms with Crippen LogP contribution in [0.4, 0.5) is 19.0 Å². The fraction of sp³-hybridized carbons (Fsp3) is 0.389. The molecule has 0 spiro atoms. The monoisotopic (exact) mass is 460 g/mol. The van der Waals surface area contributed by atoms with Gasteiger partial charge in [-0.3, -0.25) is 0 Å². The van der Waals surface area contributed by atoms with Gasteiger partial charge in [-0.2, -0.15) is 18.4 Å². The summed E-state index contributed by atoms with van der Waals surface area (Å²) in [7, 11) is -3.86. The molecule has 2 heterocycles. The molecule has 1 fully saturated rings. The minimum absolute atomic E-state index is 0.00574. The van der Waals surface area contributed by atoms with Crippen molar-refractivity contribution in [3.05, 3.63) is 40.8 Å². The van der Waals surface area contributed by atoms with Crippen LogP contribution in [0, 0.1) is 18.3 Å². The molecule has 0 aliphatic carbocycles. The van der Waals surface area contributed by atoms with Gasteiger partial charge in [0.2, 0.25) is 5.82 Å². The fourth-order valence-corrected chi connectivity index (χ4v) is 5.33. The second kappa shape index (κ2) is 8.28. The van der Waals surface area contributed by atoms with E-state index in [1.807, 2.05) is 6.07 Å². The van der Waals surface area contributed by atoms with Crippen molar-refractivity contribution in [1.29, 1.82) is 5.26 Å². The van der Waals surface area contributed by atoms with E-state index in [1.54, 1.807) is 17.9 Å². The standard InChI is InChI=1S/C18H16ClF3N4O3S/c1-11-6-17(25-16(8-23)24-11)26-5-4-13(9-26)30(27,28)15-3-2-12(7-14(15)19)29-10-18(20,21)22/h2-3,6-7,13H,4-5,9-10H2,1H3/t13-/m0/s1. The first-order valence-corrected chi connectivity index (χ1v) is 10.7. The average Bonchev–Trinajstić information content (AvgIpc) is 3.16. The summed E-state index contributed by atoms with van der Waals surface area (Å²) in [5, 5.41) is 8.01. The number of rotatable bonds is 5. The molecule has 0 unspecified atom stereocenters. The van der Waals surface area contributed by atoms with Crippen LogP contribution in [0.15, 0.2) is 29.2 Å². The molecular formula is C18H16ClF3N4O3S. The van der Waals surface area contributed by atoms with Gasteiger partial charge in [-0.15, -0.1) is 0 Å². The number of nitriles is 1. The van der Waals surface area contributed by atoms with Gasteiger partial charge in [0.25, 0.3) is 0 Å². The predicted molar refractivity (Wildman–Crippen MR) is 102 cm³/mol. The third-order valence-corrected chi connectivity index (χ3v) is 7.12. The molecule has 0 radical (unpaired) electrons. The Morgan fingerprint density at radius 2 is 2.07 bits per heavy atom. The highest BCUT2D eigenvalue weighted by Gasteiger charge is 2.36. The van der Waals surface area contributed by atoms with Crippen LogP contribution in [0.5, 0.6) is 5.75 Å². The molecule has 1 aliphatic heterocycles. The lowest BCUT2D eigenvalue weighted by Gasteiger charge is -2.18. The Morgan fingerprint density at radius 1 is 1.33 bits per heavy atom. The Labute approximate surface area is 176 Å². The lowest BCUT2D eigenvalue weighted by molar-refractivity contribution is -0.153. The van der Waals surface area contributed by atoms with E-state index >= 15 is 0 Å². The van der Waals surface area contributed by atoms with Crippen molar-refractivity contribution < 1.29 is 26.3 Å². The topological polar surface area (TPSA) is 96.2 Å². The smallest absolute Gasteiger partial charge is 0.422 e. The van der Waals surface area contributed by atoms with Crippen LogP contribution in [0.25, 0.3) is 0 Å². The average molecular weight is 461 g/mol. The van der Waals surface area contributed by atoms with Crippen LogP contribution < -0.4 is 9.64 Å². The first-order valence-electron chi connectivity index (χ1n) is 8.73. The van der Waals surface area contributed by atoms with Gasteiger partial charge in [0, 0.05) is 30.9 Å². The minimum atomic E-state index is -4.52. The third kappa shape index (κ3) is 4.94. The molecule has 0 bridgehead atoms. The number of aryl methyl sites for hydroxylation is 1. The summed E-state index contributed by atoms with van der Waals surface area (Å²) < 4.78 is 67.5. The van der Waals surface area contributed by atoms with E-state index in [0.717, 1.165) is 18.2 Å². The van der Waals surface area contributed by atoms with Crippen molar-refractivity contribution in [2.24, 2.45) is 0 Å². The second-order valence-electron chi connectivity index (χ2n) is 6.70. The van der Waals surface area contributed by atoms with Crippen molar-refractivity contribution in [1.82, 2.24) is 9.97 Å². The zero-order valence-electron chi connectivity index (χ0n) is 15.6. The van der Waals surface area contributed by atoms with Crippen LogP contribution in [0.1, 0.15) is 17.9 Å². The van der Waals surface area contributed by atoms with E-state index < -0.39 is 27.9 Å². The minimum Gasteiger partial charge on any atom is -0.484 e. The lowest BCUT2D eigenvalue weighted by atomic mass is 10.3. The molecule has 1 aliphatic rings. The number of halogens is 4. The molecule has 0 N–H and O–H groups in total. The van der Waals surface area contributed by atoms with Crippen LogP contribution in [-0.4, -0.2) is 49.5 Å². The van der Waals surface area contributed by atoms with Gasteiger partial charge in [0.1, 0.15) is 17.6 Å². The largest absolute Gasteiger partial charge is 0.484 e. The second-order valence-corrected chi connectivity index (χ2v) is 9.30. The number of benzene rings is 1. The number of nitrogens with zero attached hydrogens (tertiary/aromatic N) is 4. The van der Waals surface area contributed by atoms with Crippen LogP contribution >= 0.6 is 11.6 Å². The van der Waals surface area contributed by atoms with E-state index in [9.17, 15) is 21.6 Å². The predicted octanol–water partition coefficient (Wildman–Crippen LogP) is 3.30. The van der Waals surface area contributed by atoms with Crippen molar-refractivity contribution in [2.75, 3.05) is 24.6 Å². The van der Waals surface area contributed by atoms with E-state index in [-0.39, 0.29) is 28.0 Å². The van der Waals surface area contributed by atoms with Gasteiger partial charge in [0.15, 0.2) is 16.4 Å². The zero-order chi connectivity index (χ0) is 22.1. The van der Waals surface area contributed by atoms with Gasteiger partial charge in [-0.1, -0.05) is 11.6 Å². The fourth-order valence-electron chi connectivity index (χ4n) is 3.10. The molecule has 1 aromatic heterocycles. The number of sulfone groups is 1. The molecule has 160 valence electrons. The molecule has 0 saturated carbocycles. The molecule has 1 atom stereocenters. The molecule has 2 aromatic rings. The Hall–Kier alpha value is -2.58. The van der Waals surface area contributed by atoms with Gasteiger partial charge in [0.05, 0.1) is 15.2 Å². The van der Waals surface area contributed by atoms with Gasteiger partial charge in [-0.05, 0) is 25.5 Å². The summed E-state index contributed by atoms with van der Waals surface area (Å²) in [6.45, 7) is 0.733. The summed E-state index contributed by atoms with van der Waals surface area (Å²) in [4.78, 5) is 9.66. The van der Waals surface area contributed by atoms with Crippen LogP contribution in [0.2, 0.25) is 5.02 Å². The van der Waals surface area contributed by atoms with Gasteiger partial charge >= 0.3 is 6.18 Å². The number of ether oxygens (including phenoxy) is 1. The van der Waals surface area contributed by atoms with Crippen LogP contribution in [-0.2, 0) is 9.84 Å². The molecule has 7 nitrogen and oxygen atoms in total. The number of alkyl halides is 3. The highest BCUT2D eigenvalue weighted by atomic mass is 35.5. The van der Waals surface area contributed by atoms with Crippen LogP contribution in [0.3, 0.4) is 0 Å². The summed E-state index contributed by atoms with van der Waals surface area (Å²) in [6, 6.07) is 6.87. The Kier molecular flexibility index (Phi) is 6.10. The number of hydrogen-bond acceptors (Lipinski definition) is 7. The van der Waals surface area contributed by atoms with Crippen molar-refractivity contribution in [2.45, 2.75) is 29.7 Å². The van der Waals surface area contributed by atoms with Crippen molar-refractivity contribution in [3.63, 3.8) is 0 Å². The van der Waals surface area contributed by atoms with Crippen molar-refractivity contribution >= 4 is 27.3 Å². The SMILES string of the molecule is Cc1cc(N2CC[C@H](S(=O)(=O)c3ccc(OCC(F)(F)F)cc3Cl)C2)nc(C#N)n1. The summed E-state index contributed by atoms with van der Waals surface area (Å²) in [5.41, 5.74) is 0.584. The highest BCUT2D eigenvalue weighted by Crippen LogP contribution is 2.33. The Morgan fingerprint density at radius 3 is 2.70 bits per heavy atom. The van der Waals surface area contributed by atoms with Gasteiger partial charge in [-0.25, -0.2) is 18.4 Å². The molecule has 30 heavy (non-hydrogen) atoms. The zero-order valence-corrected chi connectivity index (χ0v) is 17.2. The van der Waals surface area contributed by atoms with Gasteiger partial charge < -0.3 is 9.64 Å². The lowest BCUT2D eigenvalue weighted by Crippen LogP contribution is -2.28. The molecule has 1 saturated heterocycles. The highest BCUT2D eigenvalue weighted by molar-refractivity contribution is 7.92. The molecular weight excluding hydrogens is 445 g/mol. The summed E-state index contributed by atoms with van der Waals surface area (Å²) in [6.07, 6.45) is -4.22. The quantitative estimate of drug-likeness (QED) is 0.675. The van der Waals surface area contributed by atoms with E-state index in [0.29, 0.717) is 24.5 Å². The van der Waals surface area contributed by atoms with E-state index in [4.69, 9.17) is 16.9 Å². The maximum atomic E-state index is 13.0. The Balaban J connectivity index is 1.78. The molecule has 3 rings (SSSR count). The number of aromatic nitrogens is 2. The van der Waals surface area contributed by atoms with Crippen molar-refractivity contribution in [3.8, 4) is 11.8 Å². The number of anilines is 1. The Bertz CT molecular complexity index is 1100. The maximum absolute atomic E-state index is 13.0. The molecule has 0 amide bonds. The van der Waals surface area contributed by atoms with E-state index in [2.05, 4.69) is 14.7 Å². The third-order valence-electron chi connectivity index (χ3n) is 4.46. The molecule has 1 aromatic carbocycles. The summed E-state index contributed by atoms with van der Waals surface area (Å²) >= 11 is 6.05. The first kappa shape index (κ1) is 22.1. The number of hydrogen-bond donors (Lipinski definition) is 0. The summed E-state index contributed by atoms with van der Waals surface area (Å²) in [5.74, 6) is 0.275. The first-order chi connectivity index (χ1) is 14.0. The maximum Gasteiger partial charge on any atom is 0.422 e.